The Hall–Kier alpha value is -3.12. The highest BCUT2D eigenvalue weighted by molar-refractivity contribution is 5.71. The Labute approximate surface area is 188 Å². The third kappa shape index (κ3) is 2.97. The molecule has 0 fully saturated rings. The van der Waals surface area contributed by atoms with Gasteiger partial charge in [-0.1, -0.05) is 83.9 Å². The maximum atomic E-state index is 9.30. The second-order valence-corrected chi connectivity index (χ2v) is 9.36. The Morgan fingerprint density at radius 1 is 0.548 bits per heavy atom. The van der Waals surface area contributed by atoms with Crippen LogP contribution >= 0.6 is 0 Å². The van der Waals surface area contributed by atoms with Crippen molar-refractivity contribution in [1.82, 2.24) is 0 Å². The van der Waals surface area contributed by atoms with Crippen LogP contribution in [0, 0.1) is 13.8 Å². The van der Waals surface area contributed by atoms with E-state index in [1.165, 1.54) is 33.4 Å². The predicted octanol–water partition coefficient (Wildman–Crippen LogP) is 7.82. The molecule has 0 heterocycles. The molecular formula is C31H28. The van der Waals surface area contributed by atoms with Crippen molar-refractivity contribution in [1.29, 1.82) is 0 Å². The lowest BCUT2D eigenvalue weighted by Crippen LogP contribution is -2.21. The number of rotatable bonds is 2. The summed E-state index contributed by atoms with van der Waals surface area (Å²) in [6, 6.07) is 27.1. The zero-order valence-corrected chi connectivity index (χ0v) is 18.3. The molecular weight excluding hydrogens is 372 g/mol. The Morgan fingerprint density at radius 2 is 0.935 bits per heavy atom. The summed E-state index contributed by atoms with van der Waals surface area (Å²) in [7, 11) is 0. The molecule has 31 heavy (non-hydrogen) atoms. The van der Waals surface area contributed by atoms with E-state index < -0.39 is 0 Å². The second kappa shape index (κ2) is 6.95. The number of fused-ring (bicyclic) bond motifs is 4. The molecule has 2 aliphatic rings. The quantitative estimate of drug-likeness (QED) is 0.321. The number of hydrogen-bond acceptors (Lipinski definition) is 0. The Kier molecular flexibility index (Phi) is 3.71. The zero-order valence-electron chi connectivity index (χ0n) is 20.3. The predicted molar refractivity (Wildman–Crippen MR) is 131 cm³/mol. The highest BCUT2D eigenvalue weighted by Crippen LogP contribution is 2.53. The third-order valence-electron chi connectivity index (χ3n) is 7.39. The molecule has 0 amide bonds. The lowest BCUT2D eigenvalue weighted by molar-refractivity contribution is 0.507. The van der Waals surface area contributed by atoms with Crippen LogP contribution in [0.2, 0.25) is 0 Å². The fraction of sp³-hybridized carbons (Fsp3) is 0.226. The largest absolute Gasteiger partial charge is 0.0633 e. The smallest absolute Gasteiger partial charge is 0.0587 e. The molecule has 0 radical (unpaired) electrons. The van der Waals surface area contributed by atoms with Crippen molar-refractivity contribution in [3.63, 3.8) is 0 Å². The summed E-state index contributed by atoms with van der Waals surface area (Å²) in [6.45, 7) is 4.19. The molecule has 152 valence electrons. The van der Waals surface area contributed by atoms with Gasteiger partial charge in [-0.15, -0.1) is 0 Å². The summed E-state index contributed by atoms with van der Waals surface area (Å²) in [5.74, 6) is 0. The number of aryl methyl sites for hydroxylation is 4. The fourth-order valence-corrected chi connectivity index (χ4v) is 5.57. The van der Waals surface area contributed by atoms with Gasteiger partial charge in [-0.05, 0) is 96.1 Å². The lowest BCUT2D eigenvalue weighted by Gasteiger charge is -2.27. The summed E-state index contributed by atoms with van der Waals surface area (Å²) < 4.78 is 18.6. The summed E-state index contributed by atoms with van der Waals surface area (Å²) >= 11 is 0. The van der Waals surface area contributed by atoms with Crippen molar-refractivity contribution < 1.29 is 2.74 Å². The van der Waals surface area contributed by atoms with E-state index in [1.807, 2.05) is 0 Å². The SMILES string of the molecule is [2H]c1c(-c2ccc(C)cc2)ccc2c1C1(CC2)CCc2ccc(-c3ccc(C)cc3)c([2H])c21. The molecule has 2 aliphatic carbocycles. The van der Waals surface area contributed by atoms with Crippen LogP contribution in [0.25, 0.3) is 22.3 Å². The minimum absolute atomic E-state index is 0.208. The molecule has 0 aliphatic heterocycles. The molecule has 0 atom stereocenters. The van der Waals surface area contributed by atoms with Crippen LogP contribution in [0.5, 0.6) is 0 Å². The molecule has 0 saturated heterocycles. The van der Waals surface area contributed by atoms with Crippen LogP contribution in [-0.4, -0.2) is 0 Å². The van der Waals surface area contributed by atoms with E-state index in [1.54, 1.807) is 0 Å². The standard InChI is InChI=1S/C31H28/c1-21-3-7-23(8-4-21)27-13-11-25-15-17-31(29(25)19-27)18-16-26-12-14-28(20-30(26)31)24-9-5-22(2)6-10-24/h3-14,19-20H,15-18H2,1-2H3/i19D,20D. The average Bonchev–Trinajstić information content (AvgIpc) is 3.38. The molecule has 6 rings (SSSR count). The van der Waals surface area contributed by atoms with E-state index in [2.05, 4.69) is 86.6 Å². The van der Waals surface area contributed by atoms with Gasteiger partial charge in [0.2, 0.25) is 0 Å². The van der Waals surface area contributed by atoms with Gasteiger partial charge in [-0.2, -0.15) is 0 Å². The first-order valence-corrected chi connectivity index (χ1v) is 11.4. The van der Waals surface area contributed by atoms with Crippen molar-refractivity contribution >= 4 is 0 Å². The Balaban J connectivity index is 1.54. The Morgan fingerprint density at radius 3 is 1.35 bits per heavy atom. The van der Waals surface area contributed by atoms with Gasteiger partial charge in [-0.3, -0.25) is 0 Å². The van der Waals surface area contributed by atoms with E-state index in [0.29, 0.717) is 12.1 Å². The van der Waals surface area contributed by atoms with Gasteiger partial charge in [0.15, 0.2) is 0 Å². The van der Waals surface area contributed by atoms with Crippen LogP contribution in [0.15, 0.2) is 84.9 Å². The van der Waals surface area contributed by atoms with E-state index in [0.717, 1.165) is 47.9 Å². The minimum Gasteiger partial charge on any atom is -0.0587 e. The van der Waals surface area contributed by atoms with Crippen molar-refractivity contribution in [2.45, 2.75) is 44.9 Å². The number of benzene rings is 4. The minimum atomic E-state index is -0.208. The van der Waals surface area contributed by atoms with Gasteiger partial charge in [0.05, 0.1) is 2.74 Å². The normalized spacial score (nSPS) is 16.7. The summed E-state index contributed by atoms with van der Waals surface area (Å²) in [5, 5.41) is 0. The molecule has 0 unspecified atom stereocenters. The zero-order chi connectivity index (χ0) is 22.7. The first-order chi connectivity index (χ1) is 16.0. The van der Waals surface area contributed by atoms with Crippen molar-refractivity contribution in [2.75, 3.05) is 0 Å². The van der Waals surface area contributed by atoms with Gasteiger partial charge >= 0.3 is 0 Å². The first-order valence-electron chi connectivity index (χ1n) is 12.4. The van der Waals surface area contributed by atoms with Crippen molar-refractivity contribution in [3.05, 3.63) is 118 Å². The third-order valence-corrected chi connectivity index (χ3v) is 7.39. The number of hydrogen-bond donors (Lipinski definition) is 0. The highest BCUT2D eigenvalue weighted by atomic mass is 14.5. The van der Waals surface area contributed by atoms with Crippen LogP contribution in [0.4, 0.5) is 0 Å². The maximum Gasteiger partial charge on any atom is 0.0633 e. The van der Waals surface area contributed by atoms with Crippen LogP contribution in [0.3, 0.4) is 0 Å². The van der Waals surface area contributed by atoms with Gasteiger partial charge in [-0.25, -0.2) is 0 Å². The van der Waals surface area contributed by atoms with E-state index in [4.69, 9.17) is 0 Å². The summed E-state index contributed by atoms with van der Waals surface area (Å²) in [5.41, 5.74) is 11.4. The molecule has 0 bridgehead atoms. The van der Waals surface area contributed by atoms with Crippen LogP contribution in [0.1, 0.15) is 49.0 Å². The topological polar surface area (TPSA) is 0 Å². The van der Waals surface area contributed by atoms with E-state index in [9.17, 15) is 2.74 Å². The summed E-state index contributed by atoms with van der Waals surface area (Å²) in [6.07, 6.45) is 3.98. The first kappa shape index (κ1) is 16.6. The highest BCUT2D eigenvalue weighted by Gasteiger charge is 2.44. The molecule has 0 saturated carbocycles. The lowest BCUT2D eigenvalue weighted by atomic mass is 9.75. The fourth-order valence-electron chi connectivity index (χ4n) is 5.57. The second-order valence-electron chi connectivity index (χ2n) is 9.36. The Bertz CT molecular complexity index is 1270. The summed E-state index contributed by atoms with van der Waals surface area (Å²) in [4.78, 5) is 0. The molecule has 0 aromatic heterocycles. The average molecular weight is 403 g/mol. The maximum absolute atomic E-state index is 9.30. The van der Waals surface area contributed by atoms with Crippen LogP contribution in [-0.2, 0) is 18.3 Å². The molecule has 4 aromatic rings. The van der Waals surface area contributed by atoms with Gasteiger partial charge in [0, 0.05) is 5.41 Å². The van der Waals surface area contributed by atoms with Gasteiger partial charge in [0.25, 0.3) is 0 Å². The van der Waals surface area contributed by atoms with E-state index in [-0.39, 0.29) is 5.41 Å². The molecule has 1 spiro atoms. The van der Waals surface area contributed by atoms with Crippen LogP contribution < -0.4 is 0 Å². The van der Waals surface area contributed by atoms with Crippen molar-refractivity contribution in [3.8, 4) is 22.3 Å². The molecule has 0 nitrogen and oxygen atoms in total. The van der Waals surface area contributed by atoms with Gasteiger partial charge in [0.1, 0.15) is 0 Å². The van der Waals surface area contributed by atoms with Crippen molar-refractivity contribution in [2.24, 2.45) is 0 Å². The monoisotopic (exact) mass is 402 g/mol. The molecule has 0 heteroatoms. The molecule has 0 N–H and O–H groups in total. The van der Waals surface area contributed by atoms with Gasteiger partial charge < -0.3 is 0 Å². The molecule has 4 aromatic carbocycles. The van der Waals surface area contributed by atoms with E-state index >= 15 is 0 Å².